The molecule has 0 amide bonds. The second-order valence-corrected chi connectivity index (χ2v) is 6.34. The van der Waals surface area contributed by atoms with Crippen LogP contribution >= 0.6 is 0 Å². The Hall–Kier alpha value is -0.160. The average molecular weight is 254 g/mol. The fourth-order valence-electron chi connectivity index (χ4n) is 3.71. The minimum absolute atomic E-state index is 0.0384. The van der Waals surface area contributed by atoms with Crippen molar-refractivity contribution in [2.24, 2.45) is 0 Å². The van der Waals surface area contributed by atoms with Crippen LogP contribution in [-0.4, -0.2) is 61.5 Å². The van der Waals surface area contributed by atoms with Gasteiger partial charge in [-0.15, -0.1) is 0 Å². The van der Waals surface area contributed by atoms with Crippen LogP contribution in [0, 0.1) is 0 Å². The van der Waals surface area contributed by atoms with Crippen molar-refractivity contribution in [2.45, 2.75) is 56.8 Å². The lowest BCUT2D eigenvalue weighted by Gasteiger charge is -2.47. The summed E-state index contributed by atoms with van der Waals surface area (Å²) in [6.07, 6.45) is 3.42. The molecule has 0 aromatic carbocycles. The van der Waals surface area contributed by atoms with Crippen molar-refractivity contribution in [3.05, 3.63) is 0 Å². The summed E-state index contributed by atoms with van der Waals surface area (Å²) in [5, 5.41) is 3.56. The van der Waals surface area contributed by atoms with E-state index in [1.807, 2.05) is 0 Å². The lowest BCUT2D eigenvalue weighted by Crippen LogP contribution is -2.60. The Morgan fingerprint density at radius 1 is 1.28 bits per heavy atom. The predicted molar refractivity (Wildman–Crippen MR) is 70.8 cm³/mol. The normalized spacial score (nSPS) is 46.7. The maximum atomic E-state index is 6.04. The molecule has 0 aromatic rings. The molecule has 1 spiro atoms. The van der Waals surface area contributed by atoms with Crippen LogP contribution in [0.4, 0.5) is 0 Å². The third-order valence-corrected chi connectivity index (χ3v) is 4.82. The van der Waals surface area contributed by atoms with Gasteiger partial charge in [0.15, 0.2) is 0 Å². The zero-order valence-electron chi connectivity index (χ0n) is 11.7. The molecule has 1 N–H and O–H groups in total. The van der Waals surface area contributed by atoms with Gasteiger partial charge in [0, 0.05) is 50.8 Å². The van der Waals surface area contributed by atoms with E-state index in [1.165, 1.54) is 13.0 Å². The first-order valence-corrected chi connectivity index (χ1v) is 7.39. The molecule has 104 valence electrons. The van der Waals surface area contributed by atoms with Gasteiger partial charge in [0.1, 0.15) is 0 Å². The first-order valence-electron chi connectivity index (χ1n) is 7.39. The van der Waals surface area contributed by atoms with Gasteiger partial charge in [-0.2, -0.15) is 0 Å². The third kappa shape index (κ3) is 2.44. The van der Waals surface area contributed by atoms with Gasteiger partial charge >= 0.3 is 0 Å². The maximum absolute atomic E-state index is 6.04. The van der Waals surface area contributed by atoms with Crippen LogP contribution in [-0.2, 0) is 9.47 Å². The van der Waals surface area contributed by atoms with Crippen LogP contribution < -0.4 is 5.32 Å². The molecular formula is C14H26N2O2. The molecule has 0 radical (unpaired) electrons. The van der Waals surface area contributed by atoms with Gasteiger partial charge in [-0.05, 0) is 26.7 Å². The molecule has 4 nitrogen and oxygen atoms in total. The smallest absolute Gasteiger partial charge is 0.0951 e. The number of hydrogen-bond acceptors (Lipinski definition) is 4. The van der Waals surface area contributed by atoms with E-state index in [9.17, 15) is 0 Å². The zero-order chi connectivity index (χ0) is 12.6. The van der Waals surface area contributed by atoms with Crippen LogP contribution in [0.25, 0.3) is 0 Å². The van der Waals surface area contributed by atoms with E-state index in [2.05, 4.69) is 24.1 Å². The molecule has 0 aromatic heterocycles. The Morgan fingerprint density at radius 3 is 2.94 bits per heavy atom. The third-order valence-electron chi connectivity index (χ3n) is 4.82. The summed E-state index contributed by atoms with van der Waals surface area (Å²) in [7, 11) is 0. The van der Waals surface area contributed by atoms with E-state index < -0.39 is 0 Å². The number of nitrogens with one attached hydrogen (secondary N) is 1. The van der Waals surface area contributed by atoms with Crippen molar-refractivity contribution in [3.8, 4) is 0 Å². The van der Waals surface area contributed by atoms with Gasteiger partial charge in [0.25, 0.3) is 0 Å². The molecule has 4 atom stereocenters. The zero-order valence-corrected chi connectivity index (χ0v) is 11.7. The molecular weight excluding hydrogens is 228 g/mol. The van der Waals surface area contributed by atoms with Crippen LogP contribution in [0.15, 0.2) is 0 Å². The van der Waals surface area contributed by atoms with Gasteiger partial charge < -0.3 is 14.8 Å². The lowest BCUT2D eigenvalue weighted by molar-refractivity contribution is -0.113. The highest BCUT2D eigenvalue weighted by molar-refractivity contribution is 4.96. The first-order chi connectivity index (χ1) is 8.69. The van der Waals surface area contributed by atoms with Crippen molar-refractivity contribution in [1.82, 2.24) is 10.2 Å². The molecule has 3 rings (SSSR count). The highest BCUT2D eigenvalue weighted by atomic mass is 16.6. The van der Waals surface area contributed by atoms with E-state index in [4.69, 9.17) is 9.47 Å². The van der Waals surface area contributed by atoms with Crippen molar-refractivity contribution in [3.63, 3.8) is 0 Å². The summed E-state index contributed by atoms with van der Waals surface area (Å²) in [5.74, 6) is 0. The van der Waals surface area contributed by atoms with Crippen molar-refractivity contribution >= 4 is 0 Å². The first kappa shape index (κ1) is 12.9. The van der Waals surface area contributed by atoms with Gasteiger partial charge in [0.2, 0.25) is 0 Å². The number of rotatable bonds is 1. The van der Waals surface area contributed by atoms with Gasteiger partial charge in [0.05, 0.1) is 12.2 Å². The SMILES string of the molecule is CC1CN(C2CCOC3(CCOC3)C2)C(C)CN1. The Labute approximate surface area is 110 Å². The quantitative estimate of drug-likeness (QED) is 0.757. The van der Waals surface area contributed by atoms with E-state index >= 15 is 0 Å². The molecule has 3 heterocycles. The summed E-state index contributed by atoms with van der Waals surface area (Å²) in [4.78, 5) is 2.70. The Balaban J connectivity index is 1.67. The van der Waals surface area contributed by atoms with Crippen LogP contribution in [0.2, 0.25) is 0 Å². The molecule has 4 unspecified atom stereocenters. The summed E-state index contributed by atoms with van der Waals surface area (Å²) in [5.41, 5.74) is 0.0384. The van der Waals surface area contributed by atoms with Gasteiger partial charge in [-0.25, -0.2) is 0 Å². The number of piperazine rings is 1. The monoisotopic (exact) mass is 254 g/mol. The van der Waals surface area contributed by atoms with Crippen LogP contribution in [0.3, 0.4) is 0 Å². The van der Waals surface area contributed by atoms with E-state index in [0.717, 1.165) is 39.2 Å². The number of nitrogens with zero attached hydrogens (tertiary/aromatic N) is 1. The van der Waals surface area contributed by atoms with E-state index in [1.54, 1.807) is 0 Å². The highest BCUT2D eigenvalue weighted by Gasteiger charge is 2.43. The molecule has 4 heteroatoms. The minimum Gasteiger partial charge on any atom is -0.378 e. The van der Waals surface area contributed by atoms with Crippen LogP contribution in [0.1, 0.15) is 33.1 Å². The second kappa shape index (κ2) is 5.08. The Bertz CT molecular complexity index is 292. The van der Waals surface area contributed by atoms with Gasteiger partial charge in [-0.3, -0.25) is 4.90 Å². The molecule has 0 bridgehead atoms. The molecule has 3 saturated heterocycles. The topological polar surface area (TPSA) is 33.7 Å². The number of ether oxygens (including phenoxy) is 2. The van der Waals surface area contributed by atoms with Crippen molar-refractivity contribution in [2.75, 3.05) is 32.9 Å². The molecule has 0 aliphatic carbocycles. The lowest BCUT2D eigenvalue weighted by atomic mass is 9.87. The Morgan fingerprint density at radius 2 is 2.17 bits per heavy atom. The highest BCUT2D eigenvalue weighted by Crippen LogP contribution is 2.35. The minimum atomic E-state index is 0.0384. The van der Waals surface area contributed by atoms with E-state index in [0.29, 0.717) is 18.1 Å². The summed E-state index contributed by atoms with van der Waals surface area (Å²) in [6.45, 7) is 9.49. The summed E-state index contributed by atoms with van der Waals surface area (Å²) < 4.78 is 11.6. The van der Waals surface area contributed by atoms with Crippen LogP contribution in [0.5, 0.6) is 0 Å². The van der Waals surface area contributed by atoms with Crippen molar-refractivity contribution < 1.29 is 9.47 Å². The van der Waals surface area contributed by atoms with E-state index in [-0.39, 0.29) is 5.60 Å². The number of hydrogen-bond donors (Lipinski definition) is 1. The Kier molecular flexibility index (Phi) is 3.63. The second-order valence-electron chi connectivity index (χ2n) is 6.34. The van der Waals surface area contributed by atoms with Gasteiger partial charge in [-0.1, -0.05) is 0 Å². The molecule has 3 aliphatic rings. The summed E-state index contributed by atoms with van der Waals surface area (Å²) >= 11 is 0. The van der Waals surface area contributed by atoms with Crippen molar-refractivity contribution in [1.29, 1.82) is 0 Å². The predicted octanol–water partition coefficient (Wildman–Crippen LogP) is 1.01. The fourth-order valence-corrected chi connectivity index (χ4v) is 3.71. The summed E-state index contributed by atoms with van der Waals surface area (Å²) in [6, 6.07) is 1.93. The molecule has 3 aliphatic heterocycles. The average Bonchev–Trinajstić information content (AvgIpc) is 2.80. The fraction of sp³-hybridized carbons (Fsp3) is 1.00. The molecule has 0 saturated carbocycles. The largest absolute Gasteiger partial charge is 0.378 e. The molecule has 18 heavy (non-hydrogen) atoms. The maximum Gasteiger partial charge on any atom is 0.0951 e. The molecule has 3 fully saturated rings. The standard InChI is InChI=1S/C14H26N2O2/c1-11-9-16(12(2)8-15-11)13-3-5-18-14(7-13)4-6-17-10-14/h11-13,15H,3-10H2,1-2H3.